The van der Waals surface area contributed by atoms with E-state index >= 15 is 0 Å². The Labute approximate surface area is 205 Å². The third kappa shape index (κ3) is 5.27. The lowest BCUT2D eigenvalue weighted by Gasteiger charge is -2.36. The van der Waals surface area contributed by atoms with Crippen LogP contribution in [0.4, 0.5) is 10.2 Å². The minimum Gasteiger partial charge on any atom is -0.372 e. The van der Waals surface area contributed by atoms with Gasteiger partial charge in [-0.15, -0.1) is 0 Å². The zero-order valence-electron chi connectivity index (χ0n) is 20.1. The van der Waals surface area contributed by atoms with Crippen molar-refractivity contribution in [3.05, 3.63) is 71.9 Å². The summed E-state index contributed by atoms with van der Waals surface area (Å²) >= 11 is 0. The fourth-order valence-electron chi connectivity index (χ4n) is 5.03. The predicted octanol–water partition coefficient (Wildman–Crippen LogP) is 5.05. The first-order chi connectivity index (χ1) is 17.0. The summed E-state index contributed by atoms with van der Waals surface area (Å²) in [6.45, 7) is 6.57. The summed E-state index contributed by atoms with van der Waals surface area (Å²) in [4.78, 5) is 16.9. The molecule has 35 heavy (non-hydrogen) atoms. The number of likely N-dealkylation sites (tertiary alicyclic amines) is 1. The molecule has 5 rings (SSSR count). The summed E-state index contributed by atoms with van der Waals surface area (Å²) in [7, 11) is 0. The minimum atomic E-state index is -0.241. The van der Waals surface area contributed by atoms with Crippen LogP contribution in [0.2, 0.25) is 0 Å². The van der Waals surface area contributed by atoms with Crippen molar-refractivity contribution in [3.8, 4) is 11.4 Å². The zero-order chi connectivity index (χ0) is 24.4. The molecule has 0 aliphatic carbocycles. The highest BCUT2D eigenvalue weighted by molar-refractivity contribution is 5.94. The van der Waals surface area contributed by atoms with Crippen LogP contribution in [0.1, 0.15) is 44.1 Å². The number of imidazole rings is 1. The van der Waals surface area contributed by atoms with Gasteiger partial charge in [0.1, 0.15) is 23.3 Å². The topological polar surface area (TPSA) is 81.1 Å². The number of hydrogen-bond acceptors (Lipinski definition) is 5. The summed E-state index contributed by atoms with van der Waals surface area (Å²) in [5.74, 6) is 1.74. The zero-order valence-corrected chi connectivity index (χ0v) is 20.1. The fraction of sp³-hybridized carbons (Fsp3) is 0.370. The second kappa shape index (κ2) is 10.00. The number of ether oxygens (including phenoxy) is 1. The molecule has 2 N–H and O–H groups in total. The quantitative estimate of drug-likeness (QED) is 0.399. The molecule has 0 saturated carbocycles. The molecule has 8 heteroatoms. The fourth-order valence-corrected chi connectivity index (χ4v) is 5.03. The van der Waals surface area contributed by atoms with E-state index in [-0.39, 0.29) is 24.1 Å². The van der Waals surface area contributed by atoms with E-state index in [1.807, 2.05) is 35.2 Å². The maximum Gasteiger partial charge on any atom is 0.130 e. The second-order valence-corrected chi connectivity index (χ2v) is 9.35. The summed E-state index contributed by atoms with van der Waals surface area (Å²) in [6, 6.07) is 12.7. The molecule has 0 amide bonds. The van der Waals surface area contributed by atoms with Gasteiger partial charge in [-0.3, -0.25) is 5.41 Å². The van der Waals surface area contributed by atoms with Crippen molar-refractivity contribution >= 4 is 17.7 Å². The van der Waals surface area contributed by atoms with Crippen LogP contribution in [0, 0.1) is 11.2 Å². The largest absolute Gasteiger partial charge is 0.372 e. The molecule has 1 aromatic carbocycles. The van der Waals surface area contributed by atoms with Crippen LogP contribution in [0.25, 0.3) is 17.5 Å². The van der Waals surface area contributed by atoms with Crippen molar-refractivity contribution in [1.29, 1.82) is 5.41 Å². The van der Waals surface area contributed by atoms with E-state index in [0.29, 0.717) is 11.7 Å². The molecule has 4 heterocycles. The Morgan fingerprint density at radius 2 is 1.97 bits per heavy atom. The number of nitrogens with one attached hydrogen (secondary N) is 2. The molecular formula is C27H31FN6O. The third-order valence-corrected chi connectivity index (χ3v) is 6.54. The van der Waals surface area contributed by atoms with Crippen LogP contribution >= 0.6 is 0 Å². The summed E-state index contributed by atoms with van der Waals surface area (Å²) in [5.41, 5.74) is 2.56. The number of amidine groups is 1. The molecule has 3 aromatic rings. The molecule has 1 unspecified atom stereocenters. The van der Waals surface area contributed by atoms with Crippen molar-refractivity contribution < 1.29 is 9.13 Å². The van der Waals surface area contributed by atoms with E-state index < -0.39 is 0 Å². The number of morpholine rings is 1. The molecule has 3 atom stereocenters. The van der Waals surface area contributed by atoms with Crippen LogP contribution in [-0.4, -0.2) is 57.5 Å². The van der Waals surface area contributed by atoms with Gasteiger partial charge < -0.3 is 19.5 Å². The molecule has 2 aliphatic heterocycles. The molecule has 7 nitrogen and oxygen atoms in total. The number of aromatic nitrogens is 3. The SMILES string of the molecule is C[C@@H]1CN(c2cccc(-c3cnc(/C=C\C(=N)N4CCCC4c4cccc(F)c4)[nH]3)n2)C[C@H](C)O1. The van der Waals surface area contributed by atoms with Gasteiger partial charge in [-0.05, 0) is 68.7 Å². The highest BCUT2D eigenvalue weighted by Crippen LogP contribution is 2.32. The number of aromatic amines is 1. The molecule has 0 radical (unpaired) electrons. The van der Waals surface area contributed by atoms with Crippen molar-refractivity contribution in [3.63, 3.8) is 0 Å². The first kappa shape index (κ1) is 23.2. The molecular weight excluding hydrogens is 443 g/mol. The highest BCUT2D eigenvalue weighted by Gasteiger charge is 2.27. The standard InChI is InChI=1S/C27H31FN6O/c1-18-16-33(17-19(2)35-18)27-10-4-8-22(32-27)23-15-30-26(31-23)12-11-25(29)34-13-5-9-24(34)20-6-3-7-21(28)14-20/h3-4,6-8,10-12,14-15,18-19,24,29H,5,9,13,16-17H2,1-2H3,(H,30,31)/b12-11-,29-25?/t18-,19+,24?. The average Bonchev–Trinajstić information content (AvgIpc) is 3.52. The smallest absolute Gasteiger partial charge is 0.130 e. The van der Waals surface area contributed by atoms with Gasteiger partial charge in [0.15, 0.2) is 0 Å². The Balaban J connectivity index is 1.28. The van der Waals surface area contributed by atoms with Gasteiger partial charge in [0, 0.05) is 19.6 Å². The Morgan fingerprint density at radius 3 is 2.77 bits per heavy atom. The number of nitrogens with zero attached hydrogens (tertiary/aromatic N) is 4. The molecule has 182 valence electrons. The van der Waals surface area contributed by atoms with Gasteiger partial charge >= 0.3 is 0 Å². The van der Waals surface area contributed by atoms with Gasteiger partial charge in [-0.25, -0.2) is 14.4 Å². The number of rotatable bonds is 5. The van der Waals surface area contributed by atoms with Crippen molar-refractivity contribution in [2.75, 3.05) is 24.5 Å². The Kier molecular flexibility index (Phi) is 6.63. The average molecular weight is 475 g/mol. The van der Waals surface area contributed by atoms with Crippen LogP contribution in [-0.2, 0) is 4.74 Å². The maximum atomic E-state index is 13.7. The van der Waals surface area contributed by atoms with Gasteiger partial charge in [0.05, 0.1) is 35.8 Å². The van der Waals surface area contributed by atoms with Crippen LogP contribution in [0.5, 0.6) is 0 Å². The maximum absolute atomic E-state index is 13.7. The van der Waals surface area contributed by atoms with Crippen molar-refractivity contribution in [2.45, 2.75) is 44.9 Å². The van der Waals surface area contributed by atoms with Crippen LogP contribution < -0.4 is 4.90 Å². The van der Waals surface area contributed by atoms with Crippen molar-refractivity contribution in [2.24, 2.45) is 0 Å². The first-order valence-corrected chi connectivity index (χ1v) is 12.2. The number of H-pyrrole nitrogens is 1. The summed E-state index contributed by atoms with van der Waals surface area (Å²) in [6.07, 6.45) is 7.55. The number of hydrogen-bond donors (Lipinski definition) is 2. The van der Waals surface area contributed by atoms with Gasteiger partial charge in [0.25, 0.3) is 0 Å². The lowest BCUT2D eigenvalue weighted by molar-refractivity contribution is -0.00545. The molecule has 0 bridgehead atoms. The minimum absolute atomic E-state index is 0.0209. The predicted molar refractivity (Wildman–Crippen MR) is 136 cm³/mol. The van der Waals surface area contributed by atoms with E-state index in [4.69, 9.17) is 15.1 Å². The lowest BCUT2D eigenvalue weighted by Crippen LogP contribution is -2.45. The Morgan fingerprint density at radius 1 is 1.17 bits per heavy atom. The monoisotopic (exact) mass is 474 g/mol. The Bertz CT molecular complexity index is 1210. The number of halogens is 1. The first-order valence-electron chi connectivity index (χ1n) is 12.2. The number of benzene rings is 1. The molecule has 2 aliphatic rings. The number of anilines is 1. The third-order valence-electron chi connectivity index (χ3n) is 6.54. The Hall–Kier alpha value is -3.52. The summed E-state index contributed by atoms with van der Waals surface area (Å²) < 4.78 is 19.6. The molecule has 2 saturated heterocycles. The van der Waals surface area contributed by atoms with Crippen LogP contribution in [0.15, 0.2) is 54.7 Å². The molecule has 0 spiro atoms. The lowest BCUT2D eigenvalue weighted by atomic mass is 10.0. The van der Waals surface area contributed by atoms with Crippen molar-refractivity contribution in [1.82, 2.24) is 19.9 Å². The molecule has 2 fully saturated rings. The van der Waals surface area contributed by atoms with Gasteiger partial charge in [-0.2, -0.15) is 0 Å². The van der Waals surface area contributed by atoms with E-state index in [1.54, 1.807) is 24.4 Å². The van der Waals surface area contributed by atoms with E-state index in [9.17, 15) is 4.39 Å². The molecule has 2 aromatic heterocycles. The van der Waals surface area contributed by atoms with E-state index in [0.717, 1.165) is 55.2 Å². The van der Waals surface area contributed by atoms with Gasteiger partial charge in [-0.1, -0.05) is 18.2 Å². The highest BCUT2D eigenvalue weighted by atomic mass is 19.1. The normalized spacial score (nSPS) is 22.8. The van der Waals surface area contributed by atoms with E-state index in [1.165, 1.54) is 6.07 Å². The van der Waals surface area contributed by atoms with Gasteiger partial charge in [0.2, 0.25) is 0 Å². The summed E-state index contributed by atoms with van der Waals surface area (Å²) in [5, 5.41) is 8.59. The van der Waals surface area contributed by atoms with E-state index in [2.05, 4.69) is 28.7 Å². The van der Waals surface area contributed by atoms with Crippen LogP contribution in [0.3, 0.4) is 0 Å². The number of pyridine rings is 1. The second-order valence-electron chi connectivity index (χ2n) is 9.35.